The molecule has 3 nitrogen and oxygen atoms in total. The highest BCUT2D eigenvalue weighted by Crippen LogP contribution is 2.23. The summed E-state index contributed by atoms with van der Waals surface area (Å²) in [7, 11) is 1.94. The average molecular weight is 264 g/mol. The van der Waals surface area contributed by atoms with Crippen LogP contribution in [0, 0.1) is 0 Å². The smallest absolute Gasteiger partial charge is 0.130 e. The Labute approximate surface area is 113 Å². The van der Waals surface area contributed by atoms with Crippen molar-refractivity contribution in [3.8, 4) is 0 Å². The Morgan fingerprint density at radius 1 is 1.44 bits per heavy atom. The minimum Gasteiger partial charge on any atom is -0.333 e. The van der Waals surface area contributed by atoms with Crippen molar-refractivity contribution in [2.24, 2.45) is 0 Å². The van der Waals surface area contributed by atoms with E-state index in [-0.39, 0.29) is 6.04 Å². The molecule has 0 bridgehead atoms. The van der Waals surface area contributed by atoms with Crippen molar-refractivity contribution in [3.63, 3.8) is 0 Å². The number of benzene rings is 1. The van der Waals surface area contributed by atoms with Crippen LogP contribution in [-0.4, -0.2) is 16.6 Å². The average Bonchev–Trinajstić information content (AvgIpc) is 2.79. The second-order valence-electron chi connectivity index (χ2n) is 4.26. The Balaban J connectivity index is 2.36. The van der Waals surface area contributed by atoms with Crippen molar-refractivity contribution < 1.29 is 0 Å². The molecule has 18 heavy (non-hydrogen) atoms. The fraction of sp³-hybridized carbons (Fsp3) is 0.357. The number of aromatic nitrogens is 2. The van der Waals surface area contributed by atoms with Gasteiger partial charge < -0.3 is 9.88 Å². The molecule has 2 rings (SSSR count). The molecule has 2 aromatic rings. The lowest BCUT2D eigenvalue weighted by Gasteiger charge is -2.18. The van der Waals surface area contributed by atoms with Crippen LogP contribution in [-0.2, 0) is 6.54 Å². The first-order valence-electron chi connectivity index (χ1n) is 6.20. The molecule has 1 aromatic carbocycles. The Kier molecular flexibility index (Phi) is 4.39. The fourth-order valence-electron chi connectivity index (χ4n) is 2.14. The van der Waals surface area contributed by atoms with Gasteiger partial charge in [0, 0.05) is 24.0 Å². The summed E-state index contributed by atoms with van der Waals surface area (Å²) in [5, 5.41) is 4.06. The van der Waals surface area contributed by atoms with Gasteiger partial charge in [-0.15, -0.1) is 0 Å². The van der Waals surface area contributed by atoms with Gasteiger partial charge in [0.05, 0.1) is 6.04 Å². The summed E-state index contributed by atoms with van der Waals surface area (Å²) < 4.78 is 2.18. The highest BCUT2D eigenvalue weighted by atomic mass is 35.5. The second-order valence-corrected chi connectivity index (χ2v) is 4.69. The molecule has 4 heteroatoms. The first-order valence-corrected chi connectivity index (χ1v) is 6.57. The van der Waals surface area contributed by atoms with Crippen molar-refractivity contribution in [2.45, 2.75) is 25.9 Å². The van der Waals surface area contributed by atoms with Crippen LogP contribution in [0.3, 0.4) is 0 Å². The highest BCUT2D eigenvalue weighted by Gasteiger charge is 2.17. The van der Waals surface area contributed by atoms with E-state index in [1.165, 1.54) is 0 Å². The lowest BCUT2D eigenvalue weighted by Crippen LogP contribution is -2.22. The van der Waals surface area contributed by atoms with E-state index in [2.05, 4.69) is 27.9 Å². The first kappa shape index (κ1) is 13.1. The van der Waals surface area contributed by atoms with E-state index >= 15 is 0 Å². The topological polar surface area (TPSA) is 29.9 Å². The van der Waals surface area contributed by atoms with E-state index < -0.39 is 0 Å². The number of imidazole rings is 1. The quantitative estimate of drug-likeness (QED) is 0.897. The predicted octanol–water partition coefficient (Wildman–Crippen LogP) is 3.26. The third-order valence-corrected chi connectivity index (χ3v) is 3.18. The molecule has 0 saturated heterocycles. The van der Waals surface area contributed by atoms with Crippen LogP contribution in [0.2, 0.25) is 5.02 Å². The van der Waals surface area contributed by atoms with Gasteiger partial charge >= 0.3 is 0 Å². The standard InChI is InChI=1S/C14H18ClN3/c1-3-8-18-9-7-17-14(18)13(16-2)11-5-4-6-12(15)10-11/h4-7,9-10,13,16H,3,8H2,1-2H3. The number of hydrogen-bond acceptors (Lipinski definition) is 2. The molecular weight excluding hydrogens is 246 g/mol. The van der Waals surface area contributed by atoms with E-state index in [0.29, 0.717) is 0 Å². The zero-order valence-electron chi connectivity index (χ0n) is 10.7. The van der Waals surface area contributed by atoms with Crippen LogP contribution in [0.1, 0.15) is 30.8 Å². The first-order chi connectivity index (χ1) is 8.76. The number of halogens is 1. The summed E-state index contributed by atoms with van der Waals surface area (Å²) in [5.74, 6) is 1.03. The summed E-state index contributed by atoms with van der Waals surface area (Å²) in [6.07, 6.45) is 4.96. The molecule has 1 N–H and O–H groups in total. The number of nitrogens with zero attached hydrogens (tertiary/aromatic N) is 2. The van der Waals surface area contributed by atoms with Crippen LogP contribution in [0.4, 0.5) is 0 Å². The minimum absolute atomic E-state index is 0.0743. The molecule has 1 aromatic heterocycles. The summed E-state index contributed by atoms with van der Waals surface area (Å²) >= 11 is 6.05. The lowest BCUT2D eigenvalue weighted by atomic mass is 10.1. The predicted molar refractivity (Wildman–Crippen MR) is 74.9 cm³/mol. The van der Waals surface area contributed by atoms with Crippen molar-refractivity contribution in [3.05, 3.63) is 53.1 Å². The maximum atomic E-state index is 6.05. The summed E-state index contributed by atoms with van der Waals surface area (Å²) in [6.45, 7) is 3.14. The van der Waals surface area contributed by atoms with Crippen LogP contribution < -0.4 is 5.32 Å². The van der Waals surface area contributed by atoms with Crippen LogP contribution in [0.5, 0.6) is 0 Å². The molecule has 0 amide bonds. The number of rotatable bonds is 5. The van der Waals surface area contributed by atoms with Gasteiger partial charge in [0.25, 0.3) is 0 Å². The molecular formula is C14H18ClN3. The normalized spacial score (nSPS) is 12.6. The number of hydrogen-bond donors (Lipinski definition) is 1. The van der Waals surface area contributed by atoms with Gasteiger partial charge in [-0.05, 0) is 31.2 Å². The van der Waals surface area contributed by atoms with Crippen LogP contribution in [0.25, 0.3) is 0 Å². The molecule has 0 aliphatic heterocycles. The van der Waals surface area contributed by atoms with Crippen LogP contribution >= 0.6 is 11.6 Å². The van der Waals surface area contributed by atoms with E-state index in [0.717, 1.165) is 29.4 Å². The van der Waals surface area contributed by atoms with E-state index in [4.69, 9.17) is 11.6 Å². The van der Waals surface area contributed by atoms with Crippen molar-refractivity contribution in [1.82, 2.24) is 14.9 Å². The van der Waals surface area contributed by atoms with Crippen LogP contribution in [0.15, 0.2) is 36.7 Å². The van der Waals surface area contributed by atoms with E-state index in [9.17, 15) is 0 Å². The van der Waals surface area contributed by atoms with Gasteiger partial charge in [0.2, 0.25) is 0 Å². The molecule has 1 heterocycles. The number of nitrogens with one attached hydrogen (secondary N) is 1. The van der Waals surface area contributed by atoms with Crippen molar-refractivity contribution in [2.75, 3.05) is 7.05 Å². The van der Waals surface area contributed by atoms with E-state index in [1.54, 1.807) is 0 Å². The zero-order chi connectivity index (χ0) is 13.0. The van der Waals surface area contributed by atoms with Crippen molar-refractivity contribution >= 4 is 11.6 Å². The third kappa shape index (κ3) is 2.74. The van der Waals surface area contributed by atoms with Gasteiger partial charge in [0.1, 0.15) is 5.82 Å². The third-order valence-electron chi connectivity index (χ3n) is 2.94. The molecule has 1 unspecified atom stereocenters. The molecule has 0 saturated carbocycles. The molecule has 0 spiro atoms. The summed E-state index contributed by atoms with van der Waals surface area (Å²) in [5.41, 5.74) is 1.13. The largest absolute Gasteiger partial charge is 0.333 e. The van der Waals surface area contributed by atoms with Gasteiger partial charge in [-0.1, -0.05) is 30.7 Å². The molecule has 0 aliphatic rings. The zero-order valence-corrected chi connectivity index (χ0v) is 11.5. The SMILES string of the molecule is CCCn1ccnc1C(NC)c1cccc(Cl)c1. The maximum Gasteiger partial charge on any atom is 0.130 e. The fourth-order valence-corrected chi connectivity index (χ4v) is 2.34. The van der Waals surface area contributed by atoms with Gasteiger partial charge in [0.15, 0.2) is 0 Å². The Morgan fingerprint density at radius 3 is 2.94 bits per heavy atom. The summed E-state index contributed by atoms with van der Waals surface area (Å²) in [6, 6.07) is 7.97. The molecule has 0 radical (unpaired) electrons. The highest BCUT2D eigenvalue weighted by molar-refractivity contribution is 6.30. The maximum absolute atomic E-state index is 6.05. The minimum atomic E-state index is 0.0743. The molecule has 1 atom stereocenters. The lowest BCUT2D eigenvalue weighted by molar-refractivity contribution is 0.568. The Morgan fingerprint density at radius 2 is 2.28 bits per heavy atom. The van der Waals surface area contributed by atoms with Crippen molar-refractivity contribution in [1.29, 1.82) is 0 Å². The second kappa shape index (κ2) is 6.03. The van der Waals surface area contributed by atoms with Gasteiger partial charge in [-0.3, -0.25) is 0 Å². The summed E-state index contributed by atoms with van der Waals surface area (Å²) in [4.78, 5) is 4.47. The molecule has 0 fully saturated rings. The Hall–Kier alpha value is -1.32. The van der Waals surface area contributed by atoms with Gasteiger partial charge in [-0.25, -0.2) is 4.98 Å². The monoisotopic (exact) mass is 263 g/mol. The molecule has 0 aliphatic carbocycles. The Bertz CT molecular complexity index is 507. The van der Waals surface area contributed by atoms with E-state index in [1.807, 2.05) is 37.6 Å². The molecule has 96 valence electrons. The van der Waals surface area contributed by atoms with Gasteiger partial charge in [-0.2, -0.15) is 0 Å². The number of aryl methyl sites for hydroxylation is 1.